The van der Waals surface area contributed by atoms with Gasteiger partial charge in [-0.05, 0) is 18.1 Å². The second-order valence-electron chi connectivity index (χ2n) is 2.11. The largest absolute Gasteiger partial charge is 0.236 e. The molecule has 0 aliphatic rings. The molecule has 11 heavy (non-hydrogen) atoms. The molecule has 0 radical (unpaired) electrons. The summed E-state index contributed by atoms with van der Waals surface area (Å²) < 4.78 is 0. The van der Waals surface area contributed by atoms with Crippen LogP contribution in [-0.2, 0) is 0 Å². The van der Waals surface area contributed by atoms with Gasteiger partial charge in [-0.1, -0.05) is 8.58 Å². The molecule has 2 heterocycles. The van der Waals surface area contributed by atoms with E-state index in [-0.39, 0.29) is 0 Å². The Hall–Kier alpha value is -0.530. The summed E-state index contributed by atoms with van der Waals surface area (Å²) in [4.78, 5) is 9.47. The van der Waals surface area contributed by atoms with Crippen molar-refractivity contribution in [1.29, 1.82) is 0 Å². The molecule has 1 unspecified atom stereocenters. The van der Waals surface area contributed by atoms with Gasteiger partial charge >= 0.3 is 0 Å². The maximum atomic E-state index is 4.21. The molecular formula is C7H7N2PS. The highest BCUT2D eigenvalue weighted by Gasteiger charge is 2.00. The minimum Gasteiger partial charge on any atom is -0.236 e. The monoisotopic (exact) mass is 182 g/mol. The molecule has 1 atom stereocenters. The molecule has 2 aromatic rings. The molecule has 4 heteroatoms. The number of aromatic nitrogens is 2. The Morgan fingerprint density at radius 2 is 2.36 bits per heavy atom. The molecule has 0 bridgehead atoms. The van der Waals surface area contributed by atoms with Crippen molar-refractivity contribution in [3.63, 3.8) is 0 Å². The molecule has 56 valence electrons. The van der Waals surface area contributed by atoms with Gasteiger partial charge in [0.15, 0.2) is 0 Å². The lowest BCUT2D eigenvalue weighted by atomic mass is 10.4. The van der Waals surface area contributed by atoms with Crippen molar-refractivity contribution in [1.82, 2.24) is 9.97 Å². The van der Waals surface area contributed by atoms with Gasteiger partial charge in [-0.25, -0.2) is 9.97 Å². The van der Waals surface area contributed by atoms with Crippen LogP contribution in [0.1, 0.15) is 0 Å². The van der Waals surface area contributed by atoms with E-state index in [0.29, 0.717) is 0 Å². The van der Waals surface area contributed by atoms with Crippen LogP contribution >= 0.6 is 19.9 Å². The van der Waals surface area contributed by atoms with Crippen LogP contribution in [0.3, 0.4) is 0 Å². The average Bonchev–Trinajstić information content (AvgIpc) is 2.50. The summed E-state index contributed by atoms with van der Waals surface area (Å²) in [6.07, 6.45) is 1.64. The second-order valence-corrected chi connectivity index (χ2v) is 3.98. The van der Waals surface area contributed by atoms with Crippen LogP contribution < -0.4 is 5.44 Å². The number of rotatable bonds is 1. The number of thiophene rings is 1. The van der Waals surface area contributed by atoms with Crippen LogP contribution in [0.2, 0.25) is 0 Å². The third-order valence-corrected chi connectivity index (χ3v) is 3.19. The van der Waals surface area contributed by atoms with E-state index >= 15 is 0 Å². The lowest BCUT2D eigenvalue weighted by molar-refractivity contribution is 1.27. The average molecular weight is 182 g/mol. The van der Waals surface area contributed by atoms with Crippen molar-refractivity contribution >= 4 is 35.6 Å². The summed E-state index contributed by atoms with van der Waals surface area (Å²) in [6.45, 7) is 2.14. The Bertz CT molecular complexity index is 371. The highest BCUT2D eigenvalue weighted by Crippen LogP contribution is 2.18. The highest BCUT2D eigenvalue weighted by atomic mass is 32.1. The molecule has 0 aromatic carbocycles. The Kier molecular flexibility index (Phi) is 1.84. The predicted molar refractivity (Wildman–Crippen MR) is 51.3 cm³/mol. The van der Waals surface area contributed by atoms with E-state index in [1.165, 1.54) is 10.8 Å². The summed E-state index contributed by atoms with van der Waals surface area (Å²) in [6, 6.07) is 2.09. The van der Waals surface area contributed by atoms with Gasteiger partial charge in [0.05, 0.1) is 5.44 Å². The topological polar surface area (TPSA) is 25.8 Å². The summed E-state index contributed by atoms with van der Waals surface area (Å²) in [5, 5.41) is 3.28. The van der Waals surface area contributed by atoms with Crippen molar-refractivity contribution < 1.29 is 0 Å². The molecular weight excluding hydrogens is 175 g/mol. The molecule has 0 saturated carbocycles. The Labute approximate surface area is 70.5 Å². The number of hydrogen-bond donors (Lipinski definition) is 0. The molecule has 0 spiro atoms. The molecule has 0 N–H and O–H groups in total. The third kappa shape index (κ3) is 1.15. The first-order valence-corrected chi connectivity index (χ1v) is 5.66. The first-order valence-electron chi connectivity index (χ1n) is 3.28. The van der Waals surface area contributed by atoms with Crippen LogP contribution in [0.5, 0.6) is 0 Å². The van der Waals surface area contributed by atoms with Gasteiger partial charge < -0.3 is 0 Å². The van der Waals surface area contributed by atoms with Gasteiger partial charge in [0.2, 0.25) is 0 Å². The van der Waals surface area contributed by atoms with Gasteiger partial charge in [-0.15, -0.1) is 11.3 Å². The van der Waals surface area contributed by atoms with Crippen molar-refractivity contribution in [2.45, 2.75) is 0 Å². The van der Waals surface area contributed by atoms with Crippen LogP contribution in [0, 0.1) is 0 Å². The van der Waals surface area contributed by atoms with Gasteiger partial charge in [-0.3, -0.25) is 0 Å². The fraction of sp³-hybridized carbons (Fsp3) is 0.143. The molecule has 0 saturated heterocycles. The zero-order chi connectivity index (χ0) is 7.68. The summed E-state index contributed by atoms with van der Waals surface area (Å²) in [5.74, 6) is 0. The summed E-state index contributed by atoms with van der Waals surface area (Å²) in [5.41, 5.74) is 1.18. The van der Waals surface area contributed by atoms with E-state index in [9.17, 15) is 0 Å². The smallest absolute Gasteiger partial charge is 0.127 e. The Balaban J connectivity index is 2.79. The van der Waals surface area contributed by atoms with Crippen molar-refractivity contribution in [3.05, 3.63) is 17.8 Å². The SMILES string of the molecule is CPc1ncnc2sccc12. The fourth-order valence-electron chi connectivity index (χ4n) is 0.989. The maximum Gasteiger partial charge on any atom is 0.127 e. The zero-order valence-corrected chi connectivity index (χ0v) is 7.85. The lowest BCUT2D eigenvalue weighted by Crippen LogP contribution is -2.00. The molecule has 0 fully saturated rings. The van der Waals surface area contributed by atoms with Gasteiger partial charge in [0, 0.05) is 5.39 Å². The predicted octanol–water partition coefficient (Wildman–Crippen LogP) is 1.62. The van der Waals surface area contributed by atoms with Crippen molar-refractivity contribution in [2.75, 3.05) is 6.66 Å². The number of nitrogens with zero attached hydrogens (tertiary/aromatic N) is 2. The molecule has 0 amide bonds. The quantitative estimate of drug-likeness (QED) is 0.626. The summed E-state index contributed by atoms with van der Waals surface area (Å²) in [7, 11) is 0.756. The Morgan fingerprint density at radius 1 is 1.45 bits per heavy atom. The molecule has 0 aliphatic heterocycles. The molecule has 2 aromatic heterocycles. The minimum atomic E-state index is 0.756. The first kappa shape index (κ1) is 7.14. The molecule has 2 nitrogen and oxygen atoms in total. The molecule has 0 aliphatic carbocycles. The van der Waals surface area contributed by atoms with Crippen molar-refractivity contribution in [2.24, 2.45) is 0 Å². The maximum absolute atomic E-state index is 4.21. The number of hydrogen-bond acceptors (Lipinski definition) is 3. The van der Waals surface area contributed by atoms with E-state index < -0.39 is 0 Å². The minimum absolute atomic E-state index is 0.756. The van der Waals surface area contributed by atoms with Crippen LogP contribution in [0.4, 0.5) is 0 Å². The lowest BCUT2D eigenvalue weighted by Gasteiger charge is -1.94. The van der Waals surface area contributed by atoms with Gasteiger partial charge in [-0.2, -0.15) is 0 Å². The normalized spacial score (nSPS) is 11.7. The van der Waals surface area contributed by atoms with Crippen molar-refractivity contribution in [3.8, 4) is 0 Å². The van der Waals surface area contributed by atoms with E-state index in [2.05, 4.69) is 28.1 Å². The van der Waals surface area contributed by atoms with E-state index in [1.54, 1.807) is 17.7 Å². The van der Waals surface area contributed by atoms with Crippen LogP contribution in [-0.4, -0.2) is 16.6 Å². The zero-order valence-electron chi connectivity index (χ0n) is 6.03. The standard InChI is InChI=1S/C7H7N2PS/c1-10-6-5-2-3-11-7(5)9-4-8-6/h2-4,10H,1H3. The van der Waals surface area contributed by atoms with Gasteiger partial charge in [0.1, 0.15) is 11.2 Å². The fourth-order valence-corrected chi connectivity index (χ4v) is 2.47. The van der Waals surface area contributed by atoms with Gasteiger partial charge in [0.25, 0.3) is 0 Å². The van der Waals surface area contributed by atoms with E-state index in [1.807, 2.05) is 0 Å². The third-order valence-electron chi connectivity index (χ3n) is 1.50. The van der Waals surface area contributed by atoms with E-state index in [0.717, 1.165) is 13.4 Å². The van der Waals surface area contributed by atoms with Crippen LogP contribution in [0.25, 0.3) is 10.2 Å². The summed E-state index contributed by atoms with van der Waals surface area (Å²) >= 11 is 1.67. The van der Waals surface area contributed by atoms with E-state index in [4.69, 9.17) is 0 Å². The number of fused-ring (bicyclic) bond motifs is 1. The first-order chi connectivity index (χ1) is 5.42. The Morgan fingerprint density at radius 3 is 3.18 bits per heavy atom. The molecule has 2 rings (SSSR count). The van der Waals surface area contributed by atoms with Crippen LogP contribution in [0.15, 0.2) is 17.8 Å². The second kappa shape index (κ2) is 2.84. The highest BCUT2D eigenvalue weighted by molar-refractivity contribution is 7.46.